The molecule has 20 heavy (non-hydrogen) atoms. The van der Waals surface area contributed by atoms with E-state index < -0.39 is 0 Å². The van der Waals surface area contributed by atoms with Gasteiger partial charge in [0.1, 0.15) is 17.2 Å². The molecule has 2 aromatic carbocycles. The van der Waals surface area contributed by atoms with Crippen LogP contribution in [0.25, 0.3) is 10.9 Å². The van der Waals surface area contributed by atoms with E-state index in [1.165, 1.54) is 6.07 Å². The topological polar surface area (TPSA) is 51.3 Å². The number of hydrogen-bond acceptors (Lipinski definition) is 3. The molecule has 4 heteroatoms. The fourth-order valence-electron chi connectivity index (χ4n) is 2.07. The molecule has 1 heterocycles. The Morgan fingerprint density at radius 2 is 1.80 bits per heavy atom. The molecule has 1 N–H and O–H groups in total. The Labute approximate surface area is 115 Å². The maximum absolute atomic E-state index is 12.0. The Balaban J connectivity index is 2.08. The summed E-state index contributed by atoms with van der Waals surface area (Å²) in [5.41, 5.74) is 0.676. The average Bonchev–Trinajstić information content (AvgIpc) is 2.48. The van der Waals surface area contributed by atoms with E-state index in [2.05, 4.69) is 4.98 Å². The molecule has 0 amide bonds. The number of hydrogen-bond donors (Lipinski definition) is 1. The molecule has 0 aliphatic rings. The Bertz CT molecular complexity index is 803. The molecule has 0 bridgehead atoms. The van der Waals surface area contributed by atoms with Crippen molar-refractivity contribution >= 4 is 10.9 Å². The molecule has 0 spiro atoms. The van der Waals surface area contributed by atoms with Crippen LogP contribution in [0, 0.1) is 0 Å². The van der Waals surface area contributed by atoms with Gasteiger partial charge in [-0.05, 0) is 24.3 Å². The highest BCUT2D eigenvalue weighted by Crippen LogP contribution is 2.28. The lowest BCUT2D eigenvalue weighted by molar-refractivity contribution is 0.409. The van der Waals surface area contributed by atoms with Crippen LogP contribution in [0.15, 0.2) is 59.5 Å². The lowest BCUT2D eigenvalue weighted by Crippen LogP contribution is -2.02. The third-order valence-corrected chi connectivity index (χ3v) is 3.02. The summed E-state index contributed by atoms with van der Waals surface area (Å²) in [6, 6.07) is 14.2. The Kier molecular flexibility index (Phi) is 3.13. The van der Waals surface area contributed by atoms with E-state index in [4.69, 9.17) is 9.47 Å². The maximum Gasteiger partial charge on any atom is 0.193 e. The van der Waals surface area contributed by atoms with Crippen LogP contribution in [0.3, 0.4) is 0 Å². The molecule has 3 rings (SSSR count). The van der Waals surface area contributed by atoms with Crippen molar-refractivity contribution in [2.24, 2.45) is 0 Å². The van der Waals surface area contributed by atoms with E-state index in [1.807, 2.05) is 30.3 Å². The average molecular weight is 267 g/mol. The van der Waals surface area contributed by atoms with E-state index in [0.717, 1.165) is 5.52 Å². The lowest BCUT2D eigenvalue weighted by atomic mass is 10.2. The van der Waals surface area contributed by atoms with Gasteiger partial charge in [0, 0.05) is 18.3 Å². The quantitative estimate of drug-likeness (QED) is 0.792. The largest absolute Gasteiger partial charge is 0.497 e. The zero-order valence-corrected chi connectivity index (χ0v) is 10.9. The molecular weight excluding hydrogens is 254 g/mol. The highest BCUT2D eigenvalue weighted by atomic mass is 16.5. The first-order chi connectivity index (χ1) is 9.78. The third kappa shape index (κ3) is 2.23. The van der Waals surface area contributed by atoms with Gasteiger partial charge in [-0.2, -0.15) is 0 Å². The summed E-state index contributed by atoms with van der Waals surface area (Å²) in [5.74, 6) is 1.86. The van der Waals surface area contributed by atoms with Crippen molar-refractivity contribution in [2.45, 2.75) is 0 Å². The van der Waals surface area contributed by atoms with Gasteiger partial charge in [-0.25, -0.2) is 0 Å². The number of benzene rings is 2. The van der Waals surface area contributed by atoms with Gasteiger partial charge < -0.3 is 14.5 Å². The van der Waals surface area contributed by atoms with Crippen molar-refractivity contribution in [1.82, 2.24) is 4.98 Å². The number of rotatable bonds is 3. The summed E-state index contributed by atoms with van der Waals surface area (Å²) in [6.07, 6.45) is 1.62. The van der Waals surface area contributed by atoms with Crippen LogP contribution in [-0.4, -0.2) is 12.1 Å². The summed E-state index contributed by atoms with van der Waals surface area (Å²) < 4.78 is 11.0. The van der Waals surface area contributed by atoms with Crippen molar-refractivity contribution in [2.75, 3.05) is 7.11 Å². The van der Waals surface area contributed by atoms with Crippen LogP contribution < -0.4 is 14.9 Å². The van der Waals surface area contributed by atoms with Crippen molar-refractivity contribution in [1.29, 1.82) is 0 Å². The molecular formula is C16H13NO3. The maximum atomic E-state index is 12.0. The number of fused-ring (bicyclic) bond motifs is 1. The highest BCUT2D eigenvalue weighted by Gasteiger charge is 2.07. The molecule has 100 valence electrons. The van der Waals surface area contributed by atoms with E-state index in [1.54, 1.807) is 25.4 Å². The molecule has 0 saturated carbocycles. The molecule has 3 aromatic rings. The summed E-state index contributed by atoms with van der Waals surface area (Å²) >= 11 is 0. The van der Waals surface area contributed by atoms with Crippen LogP contribution in [0.1, 0.15) is 0 Å². The number of nitrogens with one attached hydrogen (secondary N) is 1. The summed E-state index contributed by atoms with van der Waals surface area (Å²) in [4.78, 5) is 15.0. The second-order valence-electron chi connectivity index (χ2n) is 4.30. The standard InChI is InChI=1S/C16H13NO3/c1-19-11-4-2-5-12(10-11)20-15-7-3-6-13-16(15)14(18)8-9-17-13/h2-10H,1H3,(H,17,18). The van der Waals surface area contributed by atoms with Gasteiger partial charge in [0.25, 0.3) is 0 Å². The van der Waals surface area contributed by atoms with Crippen LogP contribution in [0.2, 0.25) is 0 Å². The first-order valence-corrected chi connectivity index (χ1v) is 6.20. The Morgan fingerprint density at radius 1 is 1.00 bits per heavy atom. The lowest BCUT2D eigenvalue weighted by Gasteiger charge is -2.09. The highest BCUT2D eigenvalue weighted by molar-refractivity contribution is 5.84. The normalized spacial score (nSPS) is 10.4. The molecule has 0 aliphatic heterocycles. The Morgan fingerprint density at radius 3 is 2.65 bits per heavy atom. The fourth-order valence-corrected chi connectivity index (χ4v) is 2.07. The van der Waals surface area contributed by atoms with Crippen LogP contribution in [0.4, 0.5) is 0 Å². The van der Waals surface area contributed by atoms with Crippen LogP contribution in [-0.2, 0) is 0 Å². The van der Waals surface area contributed by atoms with E-state index in [0.29, 0.717) is 22.6 Å². The summed E-state index contributed by atoms with van der Waals surface area (Å²) in [7, 11) is 1.60. The third-order valence-electron chi connectivity index (χ3n) is 3.02. The SMILES string of the molecule is COc1cccc(Oc2cccc3[nH]ccc(=O)c23)c1. The van der Waals surface area contributed by atoms with Gasteiger partial charge >= 0.3 is 0 Å². The van der Waals surface area contributed by atoms with Gasteiger partial charge in [0.15, 0.2) is 5.43 Å². The number of H-pyrrole nitrogens is 1. The molecule has 0 aliphatic carbocycles. The minimum Gasteiger partial charge on any atom is -0.497 e. The van der Waals surface area contributed by atoms with Crippen molar-refractivity contribution < 1.29 is 9.47 Å². The number of ether oxygens (including phenoxy) is 2. The van der Waals surface area contributed by atoms with Gasteiger partial charge in [0.05, 0.1) is 18.0 Å². The molecule has 4 nitrogen and oxygen atoms in total. The number of aromatic nitrogens is 1. The monoisotopic (exact) mass is 267 g/mol. The zero-order chi connectivity index (χ0) is 13.9. The van der Waals surface area contributed by atoms with E-state index >= 15 is 0 Å². The number of aromatic amines is 1. The van der Waals surface area contributed by atoms with Crippen LogP contribution in [0.5, 0.6) is 17.2 Å². The summed E-state index contributed by atoms with van der Waals surface area (Å²) in [6.45, 7) is 0. The van der Waals surface area contributed by atoms with E-state index in [9.17, 15) is 4.79 Å². The minimum absolute atomic E-state index is 0.0720. The zero-order valence-electron chi connectivity index (χ0n) is 10.9. The summed E-state index contributed by atoms with van der Waals surface area (Å²) in [5, 5.41) is 0.540. The Hall–Kier alpha value is -2.75. The second-order valence-corrected chi connectivity index (χ2v) is 4.30. The molecule has 0 saturated heterocycles. The van der Waals surface area contributed by atoms with Gasteiger partial charge in [0.2, 0.25) is 0 Å². The molecule has 0 unspecified atom stereocenters. The number of pyridine rings is 1. The number of methoxy groups -OCH3 is 1. The van der Waals surface area contributed by atoms with Crippen molar-refractivity contribution in [3.05, 3.63) is 65.0 Å². The molecule has 0 radical (unpaired) electrons. The second kappa shape index (κ2) is 5.09. The first kappa shape index (κ1) is 12.3. The van der Waals surface area contributed by atoms with E-state index in [-0.39, 0.29) is 5.43 Å². The predicted molar refractivity (Wildman–Crippen MR) is 77.6 cm³/mol. The molecule has 0 atom stereocenters. The van der Waals surface area contributed by atoms with Crippen molar-refractivity contribution in [3.63, 3.8) is 0 Å². The van der Waals surface area contributed by atoms with Gasteiger partial charge in [-0.1, -0.05) is 12.1 Å². The molecule has 1 aromatic heterocycles. The minimum atomic E-state index is -0.0720. The van der Waals surface area contributed by atoms with Gasteiger partial charge in [-0.3, -0.25) is 4.79 Å². The first-order valence-electron chi connectivity index (χ1n) is 6.20. The van der Waals surface area contributed by atoms with Crippen molar-refractivity contribution in [3.8, 4) is 17.2 Å². The smallest absolute Gasteiger partial charge is 0.193 e. The predicted octanol–water partition coefficient (Wildman–Crippen LogP) is 3.33. The fraction of sp³-hybridized carbons (Fsp3) is 0.0625. The molecule has 0 fully saturated rings. The van der Waals surface area contributed by atoms with Gasteiger partial charge in [-0.15, -0.1) is 0 Å². The van der Waals surface area contributed by atoms with Crippen LogP contribution >= 0.6 is 0 Å².